The highest BCUT2D eigenvalue weighted by Gasteiger charge is 2.19. The second-order valence-electron chi connectivity index (χ2n) is 6.58. The number of thiophene rings is 1. The van der Waals surface area contributed by atoms with Gasteiger partial charge in [-0.2, -0.15) is 15.0 Å². The van der Waals surface area contributed by atoms with E-state index in [0.717, 1.165) is 4.88 Å². The summed E-state index contributed by atoms with van der Waals surface area (Å²) in [5.41, 5.74) is 0.212. The van der Waals surface area contributed by atoms with E-state index >= 15 is 0 Å². The molecule has 0 radical (unpaired) electrons. The Bertz CT molecular complexity index is 968. The average Bonchev–Trinajstić information content (AvgIpc) is 3.44. The highest BCUT2D eigenvalue weighted by molar-refractivity contribution is 7.13. The first-order chi connectivity index (χ1) is 14.1. The van der Waals surface area contributed by atoms with Crippen molar-refractivity contribution < 1.29 is 14.1 Å². The number of ether oxygens (including phenoxy) is 1. The predicted octanol–water partition coefficient (Wildman–Crippen LogP) is 1.42. The molecule has 0 saturated carbocycles. The largest absolute Gasteiger partial charge is 0.378 e. The van der Waals surface area contributed by atoms with Gasteiger partial charge < -0.3 is 24.4 Å². The molecule has 0 unspecified atom stereocenters. The molecule has 1 aliphatic rings. The van der Waals surface area contributed by atoms with Crippen LogP contribution in [0.1, 0.15) is 16.3 Å². The Balaban J connectivity index is 1.47. The Kier molecular flexibility index (Phi) is 5.67. The maximum Gasteiger partial charge on any atom is 0.273 e. The SMILES string of the molecule is CN(C)c1nc(CNC(=O)c2cc(-c3cccs3)on2)nc(N2CCOCC2)n1. The molecular weight excluding hydrogens is 394 g/mol. The number of nitrogens with one attached hydrogen (secondary N) is 1. The van der Waals surface area contributed by atoms with E-state index in [9.17, 15) is 4.79 Å². The zero-order valence-corrected chi connectivity index (χ0v) is 17.0. The van der Waals surface area contributed by atoms with Crippen LogP contribution in [-0.4, -0.2) is 66.4 Å². The molecule has 3 aromatic heterocycles. The zero-order valence-electron chi connectivity index (χ0n) is 16.2. The third-order valence-corrected chi connectivity index (χ3v) is 5.15. The monoisotopic (exact) mass is 415 g/mol. The number of rotatable bonds is 6. The van der Waals surface area contributed by atoms with Gasteiger partial charge in [0.15, 0.2) is 17.3 Å². The van der Waals surface area contributed by atoms with E-state index in [1.54, 1.807) is 6.07 Å². The Morgan fingerprint density at radius 2 is 2.10 bits per heavy atom. The van der Waals surface area contributed by atoms with Gasteiger partial charge in [-0.3, -0.25) is 4.79 Å². The predicted molar refractivity (Wildman–Crippen MR) is 108 cm³/mol. The van der Waals surface area contributed by atoms with Gasteiger partial charge in [-0.1, -0.05) is 11.2 Å². The number of aromatic nitrogens is 4. The van der Waals surface area contributed by atoms with Gasteiger partial charge in [0.05, 0.1) is 24.6 Å². The lowest BCUT2D eigenvalue weighted by atomic mass is 10.3. The Morgan fingerprint density at radius 1 is 1.28 bits per heavy atom. The third-order valence-electron chi connectivity index (χ3n) is 4.27. The molecule has 1 aliphatic heterocycles. The summed E-state index contributed by atoms with van der Waals surface area (Å²) >= 11 is 1.52. The van der Waals surface area contributed by atoms with Gasteiger partial charge in [0, 0.05) is 33.3 Å². The summed E-state index contributed by atoms with van der Waals surface area (Å²) in [6.07, 6.45) is 0. The van der Waals surface area contributed by atoms with Crippen molar-refractivity contribution in [1.29, 1.82) is 0 Å². The molecule has 0 spiro atoms. The molecule has 1 fully saturated rings. The molecule has 0 atom stereocenters. The second-order valence-corrected chi connectivity index (χ2v) is 7.53. The van der Waals surface area contributed by atoms with Crippen LogP contribution in [-0.2, 0) is 11.3 Å². The van der Waals surface area contributed by atoms with Gasteiger partial charge in [0.2, 0.25) is 11.9 Å². The number of anilines is 2. The van der Waals surface area contributed by atoms with Crippen LogP contribution in [0, 0.1) is 0 Å². The van der Waals surface area contributed by atoms with Crippen LogP contribution in [0.4, 0.5) is 11.9 Å². The number of amides is 1. The number of hydrogen-bond donors (Lipinski definition) is 1. The summed E-state index contributed by atoms with van der Waals surface area (Å²) in [5.74, 6) is 1.80. The van der Waals surface area contributed by atoms with Crippen LogP contribution in [0.5, 0.6) is 0 Å². The molecule has 1 N–H and O–H groups in total. The molecule has 4 heterocycles. The van der Waals surface area contributed by atoms with Gasteiger partial charge in [-0.15, -0.1) is 11.3 Å². The van der Waals surface area contributed by atoms with Crippen molar-refractivity contribution in [3.05, 3.63) is 35.1 Å². The number of morpholine rings is 1. The van der Waals surface area contributed by atoms with Crippen LogP contribution in [0.15, 0.2) is 28.1 Å². The van der Waals surface area contributed by atoms with Crippen molar-refractivity contribution in [3.63, 3.8) is 0 Å². The lowest BCUT2D eigenvalue weighted by molar-refractivity contribution is 0.0941. The molecule has 4 rings (SSSR count). The van der Waals surface area contributed by atoms with Crippen LogP contribution in [0.2, 0.25) is 0 Å². The standard InChI is InChI=1S/C18H21N7O3S/c1-24(2)17-20-15(21-18(22-17)25-5-7-27-8-6-25)11-19-16(26)12-10-13(28-23-12)14-4-3-9-29-14/h3-4,9-10H,5-8,11H2,1-2H3,(H,19,26). The Labute approximate surface area is 171 Å². The van der Waals surface area contributed by atoms with Crippen LogP contribution in [0.25, 0.3) is 10.6 Å². The lowest BCUT2D eigenvalue weighted by Crippen LogP contribution is -2.38. The summed E-state index contributed by atoms with van der Waals surface area (Å²) in [7, 11) is 3.73. The minimum atomic E-state index is -0.351. The maximum absolute atomic E-state index is 12.5. The van der Waals surface area contributed by atoms with E-state index in [4.69, 9.17) is 9.26 Å². The fourth-order valence-electron chi connectivity index (χ4n) is 2.75. The summed E-state index contributed by atoms with van der Waals surface area (Å²) in [4.78, 5) is 30.7. The summed E-state index contributed by atoms with van der Waals surface area (Å²) in [5, 5.41) is 8.59. The second kappa shape index (κ2) is 8.53. The van der Waals surface area contributed by atoms with Gasteiger partial charge in [-0.25, -0.2) is 0 Å². The first-order valence-corrected chi connectivity index (χ1v) is 10.0. The number of carbonyl (C=O) groups is 1. The normalized spacial score (nSPS) is 14.1. The minimum Gasteiger partial charge on any atom is -0.378 e. The van der Waals surface area contributed by atoms with Crippen LogP contribution >= 0.6 is 11.3 Å². The highest BCUT2D eigenvalue weighted by Crippen LogP contribution is 2.25. The number of carbonyl (C=O) groups excluding carboxylic acids is 1. The van der Waals surface area contributed by atoms with Crippen molar-refractivity contribution in [1.82, 2.24) is 25.4 Å². The van der Waals surface area contributed by atoms with Crippen LogP contribution < -0.4 is 15.1 Å². The smallest absolute Gasteiger partial charge is 0.273 e. The highest BCUT2D eigenvalue weighted by atomic mass is 32.1. The van der Waals surface area contributed by atoms with E-state index in [0.29, 0.717) is 49.8 Å². The van der Waals surface area contributed by atoms with Gasteiger partial charge in [-0.05, 0) is 11.4 Å². The van der Waals surface area contributed by atoms with Crippen molar-refractivity contribution in [2.75, 3.05) is 50.2 Å². The van der Waals surface area contributed by atoms with Gasteiger partial charge >= 0.3 is 0 Å². The van der Waals surface area contributed by atoms with E-state index in [2.05, 4.69) is 30.3 Å². The quantitative estimate of drug-likeness (QED) is 0.639. The molecule has 1 saturated heterocycles. The fraction of sp³-hybridized carbons (Fsp3) is 0.389. The van der Waals surface area contributed by atoms with E-state index < -0.39 is 0 Å². The number of nitrogens with zero attached hydrogens (tertiary/aromatic N) is 6. The van der Waals surface area contributed by atoms with Crippen LogP contribution in [0.3, 0.4) is 0 Å². The third kappa shape index (κ3) is 4.51. The zero-order chi connectivity index (χ0) is 20.2. The molecule has 1 amide bonds. The van der Waals surface area contributed by atoms with Crippen molar-refractivity contribution in [2.24, 2.45) is 0 Å². The van der Waals surface area contributed by atoms with Crippen molar-refractivity contribution in [2.45, 2.75) is 6.54 Å². The molecule has 11 heteroatoms. The fourth-order valence-corrected chi connectivity index (χ4v) is 3.42. The lowest BCUT2D eigenvalue weighted by Gasteiger charge is -2.27. The minimum absolute atomic E-state index is 0.154. The van der Waals surface area contributed by atoms with E-state index in [-0.39, 0.29) is 18.1 Å². The molecule has 152 valence electrons. The summed E-state index contributed by atoms with van der Waals surface area (Å²) in [6.45, 7) is 2.85. The molecular formula is C18H21N7O3S. The number of hydrogen-bond acceptors (Lipinski definition) is 10. The van der Waals surface area contributed by atoms with E-state index in [1.807, 2.05) is 36.5 Å². The average molecular weight is 415 g/mol. The molecule has 10 nitrogen and oxygen atoms in total. The van der Waals surface area contributed by atoms with E-state index in [1.165, 1.54) is 11.3 Å². The first-order valence-electron chi connectivity index (χ1n) is 9.14. The van der Waals surface area contributed by atoms with Crippen molar-refractivity contribution >= 4 is 29.1 Å². The maximum atomic E-state index is 12.5. The topological polar surface area (TPSA) is 110 Å². The molecule has 0 aromatic carbocycles. The molecule has 29 heavy (non-hydrogen) atoms. The molecule has 0 bridgehead atoms. The van der Waals surface area contributed by atoms with Crippen molar-refractivity contribution in [3.8, 4) is 10.6 Å². The first kappa shape index (κ1) is 19.3. The van der Waals surface area contributed by atoms with Gasteiger partial charge in [0.25, 0.3) is 5.91 Å². The summed E-state index contributed by atoms with van der Waals surface area (Å²) in [6, 6.07) is 5.45. The Morgan fingerprint density at radius 3 is 2.83 bits per heavy atom. The Hall–Kier alpha value is -3.05. The molecule has 3 aromatic rings. The molecule has 0 aliphatic carbocycles. The van der Waals surface area contributed by atoms with Gasteiger partial charge in [0.1, 0.15) is 0 Å². The summed E-state index contributed by atoms with van der Waals surface area (Å²) < 4.78 is 10.7.